The highest BCUT2D eigenvalue weighted by Gasteiger charge is 2.13. The first-order chi connectivity index (χ1) is 10.6. The van der Waals surface area contributed by atoms with Gasteiger partial charge in [0.05, 0.1) is 0 Å². The SMILES string of the molecule is C=CC(=O)Oc1cc(O)c(-n2nc3ccccc3n2)cc1C. The van der Waals surface area contributed by atoms with E-state index in [1.54, 1.807) is 13.0 Å². The van der Waals surface area contributed by atoms with E-state index in [-0.39, 0.29) is 11.5 Å². The van der Waals surface area contributed by atoms with Crippen molar-refractivity contribution in [3.8, 4) is 17.2 Å². The van der Waals surface area contributed by atoms with Crippen molar-refractivity contribution in [2.24, 2.45) is 0 Å². The summed E-state index contributed by atoms with van der Waals surface area (Å²) in [5.74, 6) is -0.404. The number of nitrogens with zero attached hydrogens (tertiary/aromatic N) is 3. The number of rotatable bonds is 3. The van der Waals surface area contributed by atoms with E-state index in [0.717, 1.165) is 17.1 Å². The molecule has 0 saturated heterocycles. The second-order valence-electron chi connectivity index (χ2n) is 4.71. The van der Waals surface area contributed by atoms with Crippen molar-refractivity contribution >= 4 is 17.0 Å². The predicted molar refractivity (Wildman–Crippen MR) is 81.1 cm³/mol. The van der Waals surface area contributed by atoms with Gasteiger partial charge in [-0.25, -0.2) is 4.79 Å². The van der Waals surface area contributed by atoms with E-state index < -0.39 is 5.97 Å². The molecule has 0 fully saturated rings. The number of phenols is 1. The van der Waals surface area contributed by atoms with E-state index in [1.807, 2.05) is 24.3 Å². The van der Waals surface area contributed by atoms with Crippen LogP contribution in [0, 0.1) is 6.92 Å². The Hall–Kier alpha value is -3.15. The Morgan fingerprint density at radius 1 is 1.27 bits per heavy atom. The van der Waals surface area contributed by atoms with Gasteiger partial charge in [0.15, 0.2) is 0 Å². The number of phenolic OH excluding ortho intramolecular Hbond substituents is 1. The van der Waals surface area contributed by atoms with Gasteiger partial charge in [0, 0.05) is 12.1 Å². The third-order valence-electron chi connectivity index (χ3n) is 3.15. The summed E-state index contributed by atoms with van der Waals surface area (Å²) in [5, 5.41) is 18.8. The second kappa shape index (κ2) is 5.33. The molecular formula is C16H13N3O3. The van der Waals surface area contributed by atoms with Gasteiger partial charge in [0.2, 0.25) is 0 Å². The summed E-state index contributed by atoms with van der Waals surface area (Å²) in [7, 11) is 0. The molecule has 0 aliphatic rings. The standard InChI is InChI=1S/C16H13N3O3/c1-3-16(21)22-15-9-14(20)13(8-10(15)2)19-17-11-6-4-5-7-12(11)18-19/h3-9,20H,1H2,2H3. The summed E-state index contributed by atoms with van der Waals surface area (Å²) in [5.41, 5.74) is 2.53. The minimum Gasteiger partial charge on any atom is -0.505 e. The first-order valence-electron chi connectivity index (χ1n) is 6.59. The molecule has 0 amide bonds. The first kappa shape index (κ1) is 13.8. The molecule has 2 aromatic carbocycles. The molecule has 0 unspecified atom stereocenters. The van der Waals surface area contributed by atoms with Crippen LogP contribution in [0.25, 0.3) is 16.7 Å². The Morgan fingerprint density at radius 2 is 1.91 bits per heavy atom. The number of hydrogen-bond acceptors (Lipinski definition) is 5. The molecule has 6 nitrogen and oxygen atoms in total. The highest BCUT2D eigenvalue weighted by atomic mass is 16.5. The predicted octanol–water partition coefficient (Wildman–Crippen LogP) is 2.53. The van der Waals surface area contributed by atoms with Crippen molar-refractivity contribution in [1.29, 1.82) is 0 Å². The van der Waals surface area contributed by atoms with E-state index in [1.165, 1.54) is 10.9 Å². The van der Waals surface area contributed by atoms with Crippen LogP contribution < -0.4 is 4.74 Å². The van der Waals surface area contributed by atoms with Crippen molar-refractivity contribution in [2.45, 2.75) is 6.92 Å². The van der Waals surface area contributed by atoms with Crippen molar-refractivity contribution in [3.05, 3.63) is 54.6 Å². The van der Waals surface area contributed by atoms with E-state index in [0.29, 0.717) is 11.3 Å². The van der Waals surface area contributed by atoms with Crippen molar-refractivity contribution in [2.75, 3.05) is 0 Å². The smallest absolute Gasteiger partial charge is 0.335 e. The molecule has 0 bridgehead atoms. The van der Waals surface area contributed by atoms with Gasteiger partial charge in [-0.2, -0.15) is 0 Å². The number of aromatic hydroxyl groups is 1. The highest BCUT2D eigenvalue weighted by Crippen LogP contribution is 2.30. The van der Waals surface area contributed by atoms with Crippen LogP contribution in [0.3, 0.4) is 0 Å². The minimum absolute atomic E-state index is 0.0854. The lowest BCUT2D eigenvalue weighted by Crippen LogP contribution is -2.06. The highest BCUT2D eigenvalue weighted by molar-refractivity contribution is 5.83. The lowest BCUT2D eigenvalue weighted by Gasteiger charge is -2.09. The van der Waals surface area contributed by atoms with Gasteiger partial charge in [-0.05, 0) is 30.7 Å². The van der Waals surface area contributed by atoms with Crippen LogP contribution in [0.1, 0.15) is 5.56 Å². The maximum Gasteiger partial charge on any atom is 0.335 e. The Kier molecular flexibility index (Phi) is 3.34. The molecule has 1 aromatic heterocycles. The third-order valence-corrected chi connectivity index (χ3v) is 3.15. The summed E-state index contributed by atoms with van der Waals surface area (Å²) in [4.78, 5) is 12.6. The molecule has 0 spiro atoms. The minimum atomic E-state index is -0.585. The number of hydrogen-bond donors (Lipinski definition) is 1. The molecule has 1 N–H and O–H groups in total. The zero-order valence-corrected chi connectivity index (χ0v) is 11.9. The summed E-state index contributed by atoms with van der Waals surface area (Å²) < 4.78 is 5.06. The summed E-state index contributed by atoms with van der Waals surface area (Å²) in [6, 6.07) is 10.4. The largest absolute Gasteiger partial charge is 0.505 e. The van der Waals surface area contributed by atoms with Crippen molar-refractivity contribution in [1.82, 2.24) is 15.0 Å². The number of ether oxygens (including phenoxy) is 1. The number of carbonyl (C=O) groups is 1. The van der Waals surface area contributed by atoms with E-state index >= 15 is 0 Å². The fourth-order valence-corrected chi connectivity index (χ4v) is 2.05. The number of aryl methyl sites for hydroxylation is 1. The van der Waals surface area contributed by atoms with Crippen molar-refractivity contribution < 1.29 is 14.6 Å². The second-order valence-corrected chi connectivity index (χ2v) is 4.71. The average Bonchev–Trinajstić information content (AvgIpc) is 2.94. The number of carbonyl (C=O) groups excluding carboxylic acids is 1. The summed E-state index contributed by atoms with van der Waals surface area (Å²) >= 11 is 0. The van der Waals surface area contributed by atoms with Gasteiger partial charge >= 0.3 is 5.97 Å². The molecule has 0 saturated carbocycles. The number of esters is 1. The fourth-order valence-electron chi connectivity index (χ4n) is 2.05. The monoisotopic (exact) mass is 295 g/mol. The Morgan fingerprint density at radius 3 is 2.50 bits per heavy atom. The van der Waals surface area contributed by atoms with Crippen LogP contribution in [0.4, 0.5) is 0 Å². The van der Waals surface area contributed by atoms with Crippen LogP contribution in [-0.2, 0) is 4.79 Å². The number of benzene rings is 2. The third kappa shape index (κ3) is 2.42. The van der Waals surface area contributed by atoms with Gasteiger partial charge < -0.3 is 9.84 Å². The first-order valence-corrected chi connectivity index (χ1v) is 6.59. The van der Waals surface area contributed by atoms with Gasteiger partial charge in [-0.1, -0.05) is 18.7 Å². The summed E-state index contributed by atoms with van der Waals surface area (Å²) in [6.07, 6.45) is 1.06. The zero-order chi connectivity index (χ0) is 15.7. The molecule has 3 rings (SSSR count). The van der Waals surface area contributed by atoms with Crippen LogP contribution in [0.15, 0.2) is 49.1 Å². The molecule has 6 heteroatoms. The maximum absolute atomic E-state index is 11.3. The number of fused-ring (bicyclic) bond motifs is 1. The van der Waals surface area contributed by atoms with Crippen LogP contribution >= 0.6 is 0 Å². The number of aromatic nitrogens is 3. The molecule has 0 atom stereocenters. The van der Waals surface area contributed by atoms with Crippen LogP contribution in [0.2, 0.25) is 0 Å². The summed E-state index contributed by atoms with van der Waals surface area (Å²) in [6.45, 7) is 5.10. The van der Waals surface area contributed by atoms with Crippen LogP contribution in [-0.4, -0.2) is 26.1 Å². The van der Waals surface area contributed by atoms with Crippen LogP contribution in [0.5, 0.6) is 11.5 Å². The fraction of sp³-hybridized carbons (Fsp3) is 0.0625. The van der Waals surface area contributed by atoms with Gasteiger partial charge in [0.1, 0.15) is 28.2 Å². The normalized spacial score (nSPS) is 10.6. The average molecular weight is 295 g/mol. The van der Waals surface area contributed by atoms with Gasteiger partial charge in [-0.3, -0.25) is 0 Å². The quantitative estimate of drug-likeness (QED) is 0.456. The molecular weight excluding hydrogens is 282 g/mol. The van der Waals surface area contributed by atoms with E-state index in [2.05, 4.69) is 16.8 Å². The molecule has 1 heterocycles. The van der Waals surface area contributed by atoms with E-state index in [9.17, 15) is 9.90 Å². The van der Waals surface area contributed by atoms with Crippen molar-refractivity contribution in [3.63, 3.8) is 0 Å². The Bertz CT molecular complexity index is 850. The molecule has 0 aliphatic heterocycles. The van der Waals surface area contributed by atoms with E-state index in [4.69, 9.17) is 4.74 Å². The molecule has 0 aliphatic carbocycles. The molecule has 0 radical (unpaired) electrons. The Balaban J connectivity index is 2.06. The van der Waals surface area contributed by atoms with Gasteiger partial charge in [0.25, 0.3) is 0 Å². The zero-order valence-electron chi connectivity index (χ0n) is 11.9. The Labute approximate surface area is 126 Å². The topological polar surface area (TPSA) is 77.2 Å². The van der Waals surface area contributed by atoms with Gasteiger partial charge in [-0.15, -0.1) is 15.0 Å². The lowest BCUT2D eigenvalue weighted by atomic mass is 10.2. The lowest BCUT2D eigenvalue weighted by molar-refractivity contribution is -0.129. The molecule has 22 heavy (non-hydrogen) atoms. The molecule has 3 aromatic rings. The maximum atomic E-state index is 11.3. The molecule has 110 valence electrons.